The van der Waals surface area contributed by atoms with E-state index in [0.29, 0.717) is 5.75 Å². The predicted molar refractivity (Wildman–Crippen MR) is 78.3 cm³/mol. The summed E-state index contributed by atoms with van der Waals surface area (Å²) in [5.41, 5.74) is -1.95. The van der Waals surface area contributed by atoms with Crippen molar-refractivity contribution in [3.8, 4) is 5.75 Å². The largest absolute Gasteiger partial charge is 0.497 e. The van der Waals surface area contributed by atoms with Crippen LogP contribution < -0.4 is 4.74 Å². The average molecular weight is 324 g/mol. The summed E-state index contributed by atoms with van der Waals surface area (Å²) in [5, 5.41) is 10.7. The summed E-state index contributed by atoms with van der Waals surface area (Å²) in [6.07, 6.45) is -4.75. The Bertz CT molecular complexity index is 740. The van der Waals surface area contributed by atoms with E-state index >= 15 is 0 Å². The van der Waals surface area contributed by atoms with E-state index < -0.39 is 22.5 Å². The molecule has 0 unspecified atom stereocenters. The second-order valence-corrected chi connectivity index (χ2v) is 4.46. The minimum Gasteiger partial charge on any atom is -0.497 e. The number of alkyl halides is 3. The number of hydrogen-bond acceptors (Lipinski definition) is 4. The molecule has 0 spiro atoms. The number of methoxy groups -OCH3 is 1. The molecule has 0 saturated heterocycles. The summed E-state index contributed by atoms with van der Waals surface area (Å²) in [6.45, 7) is 0. The highest BCUT2D eigenvalue weighted by Crippen LogP contribution is 2.28. The Hall–Kier alpha value is -2.90. The van der Waals surface area contributed by atoms with E-state index in [2.05, 4.69) is 4.99 Å². The van der Waals surface area contributed by atoms with E-state index in [0.717, 1.165) is 18.2 Å². The first-order chi connectivity index (χ1) is 10.8. The molecule has 0 heterocycles. The molecule has 120 valence electrons. The first-order valence-corrected chi connectivity index (χ1v) is 6.36. The number of aliphatic imine (C=N–C) groups is 1. The molecule has 5 nitrogen and oxygen atoms in total. The molecule has 2 aromatic rings. The van der Waals surface area contributed by atoms with E-state index in [-0.39, 0.29) is 11.3 Å². The van der Waals surface area contributed by atoms with Crippen molar-refractivity contribution >= 4 is 17.1 Å². The van der Waals surface area contributed by atoms with Gasteiger partial charge in [-0.15, -0.1) is 0 Å². The van der Waals surface area contributed by atoms with Crippen molar-refractivity contribution in [2.75, 3.05) is 7.11 Å². The number of halogens is 3. The zero-order valence-electron chi connectivity index (χ0n) is 11.9. The van der Waals surface area contributed by atoms with Crippen LogP contribution >= 0.6 is 0 Å². The number of ether oxygens (including phenoxy) is 1. The fraction of sp³-hybridized carbons (Fsp3) is 0.133. The molecule has 23 heavy (non-hydrogen) atoms. The highest BCUT2D eigenvalue weighted by atomic mass is 19.4. The Labute approximate surface area is 129 Å². The second-order valence-electron chi connectivity index (χ2n) is 4.46. The number of rotatable bonds is 4. The van der Waals surface area contributed by atoms with Gasteiger partial charge < -0.3 is 4.74 Å². The molecule has 0 saturated carbocycles. The summed E-state index contributed by atoms with van der Waals surface area (Å²) >= 11 is 0. The zero-order chi connectivity index (χ0) is 17.0. The molecule has 0 bridgehead atoms. The van der Waals surface area contributed by atoms with Crippen molar-refractivity contribution in [3.05, 3.63) is 64.2 Å². The maximum Gasteiger partial charge on any atom is 0.433 e. The number of nitro groups is 1. The Morgan fingerprint density at radius 2 is 1.83 bits per heavy atom. The van der Waals surface area contributed by atoms with Gasteiger partial charge in [0, 0.05) is 17.7 Å². The van der Waals surface area contributed by atoms with E-state index in [1.54, 1.807) is 0 Å². The van der Waals surface area contributed by atoms with Gasteiger partial charge in [0.2, 0.25) is 0 Å². The van der Waals surface area contributed by atoms with Crippen LogP contribution in [-0.2, 0) is 0 Å². The van der Waals surface area contributed by atoms with E-state index in [1.165, 1.54) is 37.4 Å². The van der Waals surface area contributed by atoms with E-state index in [4.69, 9.17) is 4.74 Å². The topological polar surface area (TPSA) is 64.7 Å². The number of nitro benzene ring substituents is 1. The van der Waals surface area contributed by atoms with Crippen LogP contribution in [0.4, 0.5) is 24.5 Å². The molecule has 0 amide bonds. The van der Waals surface area contributed by atoms with Gasteiger partial charge in [-0.1, -0.05) is 12.1 Å². The molecular formula is C15H11F3N2O3. The number of non-ortho nitro benzene ring substituents is 1. The highest BCUT2D eigenvalue weighted by Gasteiger charge is 2.37. The standard InChI is InChI=1S/C15H11F3N2O3/c1-23-13-7-5-11(6-8-13)19-14(15(16,17)18)10-3-2-4-12(9-10)20(21)22/h2-9H,1H3. The molecule has 0 aliphatic rings. The Kier molecular flexibility index (Phi) is 4.63. The van der Waals surface area contributed by atoms with Crippen LogP contribution in [0.1, 0.15) is 5.56 Å². The fourth-order valence-corrected chi connectivity index (χ4v) is 1.84. The van der Waals surface area contributed by atoms with Crippen LogP contribution in [0.5, 0.6) is 5.75 Å². The molecule has 0 aromatic heterocycles. The number of hydrogen-bond donors (Lipinski definition) is 0. The minimum atomic E-state index is -4.75. The van der Waals surface area contributed by atoms with Crippen molar-refractivity contribution < 1.29 is 22.8 Å². The van der Waals surface area contributed by atoms with Gasteiger partial charge in [0.1, 0.15) is 5.75 Å². The van der Waals surface area contributed by atoms with Crippen molar-refractivity contribution in [1.29, 1.82) is 0 Å². The van der Waals surface area contributed by atoms with Crippen molar-refractivity contribution in [1.82, 2.24) is 0 Å². The van der Waals surface area contributed by atoms with Crippen molar-refractivity contribution in [2.24, 2.45) is 4.99 Å². The van der Waals surface area contributed by atoms with Gasteiger partial charge in [-0.05, 0) is 24.3 Å². The normalized spacial score (nSPS) is 12.1. The van der Waals surface area contributed by atoms with Gasteiger partial charge in [-0.3, -0.25) is 10.1 Å². The minimum absolute atomic E-state index is 0.0598. The lowest BCUT2D eigenvalue weighted by Crippen LogP contribution is -2.24. The first-order valence-electron chi connectivity index (χ1n) is 6.36. The summed E-state index contributed by atoms with van der Waals surface area (Å²) < 4.78 is 44.7. The highest BCUT2D eigenvalue weighted by molar-refractivity contribution is 6.06. The Morgan fingerprint density at radius 3 is 2.35 bits per heavy atom. The van der Waals surface area contributed by atoms with Gasteiger partial charge >= 0.3 is 6.18 Å². The third kappa shape index (κ3) is 4.06. The Morgan fingerprint density at radius 1 is 1.17 bits per heavy atom. The molecule has 2 rings (SSSR count). The molecule has 2 aromatic carbocycles. The van der Waals surface area contributed by atoms with Gasteiger partial charge in [-0.2, -0.15) is 13.2 Å². The fourth-order valence-electron chi connectivity index (χ4n) is 1.84. The molecule has 0 aliphatic heterocycles. The smallest absolute Gasteiger partial charge is 0.433 e. The van der Waals surface area contributed by atoms with Gasteiger partial charge in [0.05, 0.1) is 17.7 Å². The van der Waals surface area contributed by atoms with Crippen LogP contribution in [0.25, 0.3) is 0 Å². The summed E-state index contributed by atoms with van der Waals surface area (Å²) in [7, 11) is 1.43. The monoisotopic (exact) mass is 324 g/mol. The Balaban J connectivity index is 2.50. The van der Waals surface area contributed by atoms with E-state index in [1.807, 2.05) is 0 Å². The molecule has 8 heteroatoms. The molecule has 0 fully saturated rings. The number of benzene rings is 2. The molecular weight excluding hydrogens is 313 g/mol. The van der Waals surface area contributed by atoms with Crippen LogP contribution in [0, 0.1) is 10.1 Å². The second kappa shape index (κ2) is 6.47. The van der Waals surface area contributed by atoms with Gasteiger partial charge in [0.25, 0.3) is 5.69 Å². The third-order valence-electron chi connectivity index (χ3n) is 2.91. The first kappa shape index (κ1) is 16.5. The summed E-state index contributed by atoms with van der Waals surface area (Å²) in [4.78, 5) is 13.6. The SMILES string of the molecule is COc1ccc(N=C(c2cccc([N+](=O)[O-])c2)C(F)(F)F)cc1. The van der Waals surface area contributed by atoms with Gasteiger partial charge in [-0.25, -0.2) is 4.99 Å². The third-order valence-corrected chi connectivity index (χ3v) is 2.91. The lowest BCUT2D eigenvalue weighted by atomic mass is 10.1. The molecule has 0 N–H and O–H groups in total. The maximum absolute atomic E-state index is 13.2. The zero-order valence-corrected chi connectivity index (χ0v) is 11.9. The van der Waals surface area contributed by atoms with Crippen molar-refractivity contribution in [3.63, 3.8) is 0 Å². The van der Waals surface area contributed by atoms with Crippen LogP contribution in [-0.4, -0.2) is 23.9 Å². The van der Waals surface area contributed by atoms with Gasteiger partial charge in [0.15, 0.2) is 5.71 Å². The van der Waals surface area contributed by atoms with Crippen molar-refractivity contribution in [2.45, 2.75) is 6.18 Å². The lowest BCUT2D eigenvalue weighted by Gasteiger charge is -2.11. The van der Waals surface area contributed by atoms with Crippen LogP contribution in [0.3, 0.4) is 0 Å². The molecule has 0 radical (unpaired) electrons. The summed E-state index contributed by atoms with van der Waals surface area (Å²) in [6, 6.07) is 9.94. The van der Waals surface area contributed by atoms with E-state index in [9.17, 15) is 23.3 Å². The molecule has 0 atom stereocenters. The predicted octanol–water partition coefficient (Wildman–Crippen LogP) is 4.29. The quantitative estimate of drug-likeness (QED) is 0.479. The average Bonchev–Trinajstić information content (AvgIpc) is 2.52. The number of nitrogens with zero attached hydrogens (tertiary/aromatic N) is 2. The van der Waals surface area contributed by atoms with Crippen LogP contribution in [0.15, 0.2) is 53.5 Å². The van der Waals surface area contributed by atoms with Crippen LogP contribution in [0.2, 0.25) is 0 Å². The lowest BCUT2D eigenvalue weighted by molar-refractivity contribution is -0.384. The summed E-state index contributed by atoms with van der Waals surface area (Å²) in [5.74, 6) is 0.479. The maximum atomic E-state index is 13.2. The molecule has 0 aliphatic carbocycles.